The number of hydrogen-bond donors (Lipinski definition) is 2. The zero-order valence-electron chi connectivity index (χ0n) is 16.9. The van der Waals surface area contributed by atoms with Crippen LogP contribution in [0, 0.1) is 12.3 Å². The van der Waals surface area contributed by atoms with Gasteiger partial charge in [0.15, 0.2) is 5.78 Å². The minimum absolute atomic E-state index is 0.0800. The SMILES string of the molecule is Cc1c(C(=O)Nc2ccc(N3CCCCC3)nc2)[nH]c2c1C(=O)CC(C)(C)C2. The Bertz CT molecular complexity index is 905. The van der Waals surface area contributed by atoms with Gasteiger partial charge in [0, 0.05) is 30.8 Å². The van der Waals surface area contributed by atoms with Gasteiger partial charge in [-0.3, -0.25) is 9.59 Å². The number of fused-ring (bicyclic) bond motifs is 1. The fourth-order valence-electron chi connectivity index (χ4n) is 4.42. The zero-order valence-corrected chi connectivity index (χ0v) is 16.9. The maximum Gasteiger partial charge on any atom is 0.272 e. The molecule has 0 atom stereocenters. The molecule has 4 rings (SSSR count). The smallest absolute Gasteiger partial charge is 0.272 e. The van der Waals surface area contributed by atoms with Crippen LogP contribution in [-0.4, -0.2) is 34.7 Å². The zero-order chi connectivity index (χ0) is 19.9. The van der Waals surface area contributed by atoms with Gasteiger partial charge < -0.3 is 15.2 Å². The number of anilines is 2. The van der Waals surface area contributed by atoms with Crippen LogP contribution in [0.3, 0.4) is 0 Å². The van der Waals surface area contributed by atoms with E-state index in [0.29, 0.717) is 23.4 Å². The van der Waals surface area contributed by atoms with Crippen molar-refractivity contribution in [3.05, 3.63) is 40.8 Å². The van der Waals surface area contributed by atoms with Crippen LogP contribution in [0.4, 0.5) is 11.5 Å². The number of hydrogen-bond acceptors (Lipinski definition) is 4. The van der Waals surface area contributed by atoms with Crippen molar-refractivity contribution in [2.45, 2.75) is 52.9 Å². The number of rotatable bonds is 3. The van der Waals surface area contributed by atoms with E-state index in [0.717, 1.165) is 36.6 Å². The molecule has 6 heteroatoms. The molecule has 0 bridgehead atoms. The monoisotopic (exact) mass is 380 g/mol. The molecule has 1 fully saturated rings. The van der Waals surface area contributed by atoms with Gasteiger partial charge >= 0.3 is 0 Å². The van der Waals surface area contributed by atoms with Crippen molar-refractivity contribution < 1.29 is 9.59 Å². The van der Waals surface area contributed by atoms with E-state index >= 15 is 0 Å². The Hall–Kier alpha value is -2.63. The largest absolute Gasteiger partial charge is 0.357 e. The Morgan fingerprint density at radius 1 is 1.18 bits per heavy atom. The Morgan fingerprint density at radius 2 is 1.93 bits per heavy atom. The highest BCUT2D eigenvalue weighted by Crippen LogP contribution is 2.36. The van der Waals surface area contributed by atoms with Crippen LogP contribution < -0.4 is 10.2 Å². The van der Waals surface area contributed by atoms with Gasteiger partial charge in [0.2, 0.25) is 0 Å². The Labute approximate surface area is 165 Å². The minimum Gasteiger partial charge on any atom is -0.357 e. The van der Waals surface area contributed by atoms with Crippen molar-refractivity contribution in [1.29, 1.82) is 0 Å². The summed E-state index contributed by atoms with van der Waals surface area (Å²) in [5.41, 5.74) is 3.36. The molecule has 0 radical (unpaired) electrons. The van der Waals surface area contributed by atoms with Crippen molar-refractivity contribution in [3.8, 4) is 0 Å². The van der Waals surface area contributed by atoms with E-state index in [-0.39, 0.29) is 17.1 Å². The molecule has 1 amide bonds. The molecule has 3 heterocycles. The highest BCUT2D eigenvalue weighted by atomic mass is 16.2. The average molecular weight is 380 g/mol. The summed E-state index contributed by atoms with van der Waals surface area (Å²) in [4.78, 5) is 35.4. The second-order valence-corrected chi connectivity index (χ2v) is 8.83. The number of ketones is 1. The number of pyridine rings is 1. The Morgan fingerprint density at radius 3 is 2.61 bits per heavy atom. The molecule has 2 aliphatic rings. The summed E-state index contributed by atoms with van der Waals surface area (Å²) in [6.45, 7) is 8.09. The fourth-order valence-corrected chi connectivity index (χ4v) is 4.42. The molecule has 1 saturated heterocycles. The second kappa shape index (κ2) is 7.08. The molecule has 0 aromatic carbocycles. The third-order valence-electron chi connectivity index (χ3n) is 5.81. The van der Waals surface area contributed by atoms with Crippen LogP contribution in [0.15, 0.2) is 18.3 Å². The number of H-pyrrole nitrogens is 1. The number of aromatic nitrogens is 2. The van der Waals surface area contributed by atoms with Crippen molar-refractivity contribution in [2.75, 3.05) is 23.3 Å². The summed E-state index contributed by atoms with van der Waals surface area (Å²) in [5.74, 6) is 0.841. The van der Waals surface area contributed by atoms with Gasteiger partial charge in [0.1, 0.15) is 11.5 Å². The van der Waals surface area contributed by atoms with E-state index < -0.39 is 0 Å². The van der Waals surface area contributed by atoms with E-state index in [1.807, 2.05) is 19.1 Å². The highest BCUT2D eigenvalue weighted by Gasteiger charge is 2.35. The first-order chi connectivity index (χ1) is 13.3. The van der Waals surface area contributed by atoms with Crippen molar-refractivity contribution in [3.63, 3.8) is 0 Å². The lowest BCUT2D eigenvalue weighted by Crippen LogP contribution is -2.30. The van der Waals surface area contributed by atoms with E-state index in [1.54, 1.807) is 6.20 Å². The van der Waals surface area contributed by atoms with Crippen molar-refractivity contribution in [2.24, 2.45) is 5.41 Å². The predicted molar refractivity (Wildman–Crippen MR) is 110 cm³/mol. The maximum atomic E-state index is 12.8. The molecule has 28 heavy (non-hydrogen) atoms. The lowest BCUT2D eigenvalue weighted by atomic mass is 9.75. The molecule has 1 aliphatic carbocycles. The molecule has 2 aromatic heterocycles. The van der Waals surface area contributed by atoms with Crippen LogP contribution in [0.1, 0.15) is 71.6 Å². The third-order valence-corrected chi connectivity index (χ3v) is 5.81. The summed E-state index contributed by atoms with van der Waals surface area (Å²) in [6.07, 6.45) is 6.67. The number of nitrogens with zero attached hydrogens (tertiary/aromatic N) is 2. The molecule has 2 aromatic rings. The number of nitrogens with one attached hydrogen (secondary N) is 2. The van der Waals surface area contributed by atoms with Gasteiger partial charge in [-0.05, 0) is 55.7 Å². The van der Waals surface area contributed by atoms with Gasteiger partial charge in [-0.15, -0.1) is 0 Å². The fraction of sp³-hybridized carbons (Fsp3) is 0.500. The quantitative estimate of drug-likeness (QED) is 0.840. The van der Waals surface area contributed by atoms with Gasteiger partial charge in [0.25, 0.3) is 5.91 Å². The molecular weight excluding hydrogens is 352 g/mol. The van der Waals surface area contributed by atoms with Crippen molar-refractivity contribution in [1.82, 2.24) is 9.97 Å². The Kier molecular flexibility index (Phi) is 4.73. The number of piperidine rings is 1. The summed E-state index contributed by atoms with van der Waals surface area (Å²) in [5, 5.41) is 2.91. The highest BCUT2D eigenvalue weighted by molar-refractivity contribution is 6.08. The Balaban J connectivity index is 1.51. The molecule has 0 unspecified atom stereocenters. The van der Waals surface area contributed by atoms with Crippen molar-refractivity contribution >= 4 is 23.2 Å². The van der Waals surface area contributed by atoms with E-state index in [1.165, 1.54) is 19.3 Å². The van der Waals surface area contributed by atoms with Crippen LogP contribution in [0.5, 0.6) is 0 Å². The number of aromatic amines is 1. The van der Waals surface area contributed by atoms with Gasteiger partial charge in [-0.1, -0.05) is 13.8 Å². The van der Waals surface area contributed by atoms with Crippen LogP contribution in [0.25, 0.3) is 0 Å². The number of Topliss-reactive ketones (excluding diaryl/α,β-unsaturated/α-hetero) is 1. The van der Waals surface area contributed by atoms with Crippen LogP contribution in [-0.2, 0) is 6.42 Å². The first kappa shape index (κ1) is 18.7. The van der Waals surface area contributed by atoms with Gasteiger partial charge in [0.05, 0.1) is 11.9 Å². The number of carbonyl (C=O) groups is 2. The minimum atomic E-state index is -0.231. The maximum absolute atomic E-state index is 12.8. The molecule has 1 aliphatic heterocycles. The summed E-state index contributed by atoms with van der Waals surface area (Å²) in [6, 6.07) is 3.85. The molecular formula is C22H28N4O2. The summed E-state index contributed by atoms with van der Waals surface area (Å²) >= 11 is 0. The molecule has 6 nitrogen and oxygen atoms in total. The van der Waals surface area contributed by atoms with Crippen LogP contribution >= 0.6 is 0 Å². The predicted octanol–water partition coefficient (Wildman–Crippen LogP) is 4.12. The molecule has 148 valence electrons. The molecule has 0 spiro atoms. The lowest BCUT2D eigenvalue weighted by Gasteiger charge is -2.28. The summed E-state index contributed by atoms with van der Waals surface area (Å²) in [7, 11) is 0. The van der Waals surface area contributed by atoms with E-state index in [4.69, 9.17) is 0 Å². The molecule has 2 N–H and O–H groups in total. The van der Waals surface area contributed by atoms with E-state index in [2.05, 4.69) is 34.0 Å². The first-order valence-electron chi connectivity index (χ1n) is 10.1. The summed E-state index contributed by atoms with van der Waals surface area (Å²) < 4.78 is 0. The number of amides is 1. The molecule has 0 saturated carbocycles. The van der Waals surface area contributed by atoms with E-state index in [9.17, 15) is 9.59 Å². The standard InChI is InChI=1S/C22H28N4O2/c1-14-19-16(11-22(2,3)12-17(19)27)25-20(14)21(28)24-15-7-8-18(23-13-15)26-9-5-4-6-10-26/h7-8,13,25H,4-6,9-12H2,1-3H3,(H,24,28). The second-order valence-electron chi connectivity index (χ2n) is 8.83. The van der Waals surface area contributed by atoms with Crippen LogP contribution in [0.2, 0.25) is 0 Å². The normalized spacial score (nSPS) is 18.7. The topological polar surface area (TPSA) is 78.1 Å². The van der Waals surface area contributed by atoms with Gasteiger partial charge in [-0.25, -0.2) is 4.98 Å². The first-order valence-corrected chi connectivity index (χ1v) is 10.1. The number of carbonyl (C=O) groups excluding carboxylic acids is 2. The average Bonchev–Trinajstić information content (AvgIpc) is 2.98. The van der Waals surface area contributed by atoms with Gasteiger partial charge in [-0.2, -0.15) is 0 Å². The third kappa shape index (κ3) is 3.55. The lowest BCUT2D eigenvalue weighted by molar-refractivity contribution is 0.0910.